The molecule has 1 fully saturated rings. The number of unbranched alkanes of at least 4 members (excludes halogenated alkanes) is 1. The van der Waals surface area contributed by atoms with Gasteiger partial charge in [0.1, 0.15) is 6.10 Å². The van der Waals surface area contributed by atoms with Gasteiger partial charge in [0, 0.05) is 13.2 Å². The van der Waals surface area contributed by atoms with Crippen LogP contribution in [0.2, 0.25) is 0 Å². The maximum absolute atomic E-state index is 8.41. The highest BCUT2D eigenvalue weighted by molar-refractivity contribution is 4.66. The van der Waals surface area contributed by atoms with Gasteiger partial charge >= 0.3 is 0 Å². The first-order valence-corrected chi connectivity index (χ1v) is 3.73. The van der Waals surface area contributed by atoms with Gasteiger partial charge < -0.3 is 14.6 Å². The summed E-state index contributed by atoms with van der Waals surface area (Å²) in [6.45, 7) is 2.61. The molecule has 60 valence electrons. The van der Waals surface area contributed by atoms with E-state index in [-0.39, 0.29) is 6.61 Å². The highest BCUT2D eigenvalue weighted by Gasteiger charge is 2.21. The zero-order valence-electron chi connectivity index (χ0n) is 6.08. The van der Waals surface area contributed by atoms with Gasteiger partial charge in [0.25, 0.3) is 0 Å². The first kappa shape index (κ1) is 7.98. The molecule has 0 saturated carbocycles. The molecular formula is C7H14O3. The lowest BCUT2D eigenvalue weighted by atomic mass is 10.3. The molecule has 3 heteroatoms. The smallest absolute Gasteiger partial charge is 0.104 e. The van der Waals surface area contributed by atoms with E-state index in [4.69, 9.17) is 14.6 Å². The van der Waals surface area contributed by atoms with Gasteiger partial charge in [-0.15, -0.1) is 0 Å². The Bertz CT molecular complexity index is 80.9. The molecule has 1 atom stereocenters. The summed E-state index contributed by atoms with van der Waals surface area (Å²) >= 11 is 0. The highest BCUT2D eigenvalue weighted by Crippen LogP contribution is 2.08. The van der Waals surface area contributed by atoms with Crippen LogP contribution in [0, 0.1) is 0 Å². The van der Waals surface area contributed by atoms with Crippen molar-refractivity contribution < 1.29 is 14.6 Å². The van der Waals surface area contributed by atoms with Crippen molar-refractivity contribution in [2.24, 2.45) is 0 Å². The summed E-state index contributed by atoms with van der Waals surface area (Å²) in [5, 5.41) is 8.41. The van der Waals surface area contributed by atoms with Crippen molar-refractivity contribution >= 4 is 0 Å². The average Bonchev–Trinajstić information content (AvgIpc) is 2.71. The molecule has 1 aliphatic rings. The van der Waals surface area contributed by atoms with Crippen molar-refractivity contribution in [1.29, 1.82) is 0 Å². The molecule has 0 bridgehead atoms. The van der Waals surface area contributed by atoms with Crippen LogP contribution in [0.1, 0.15) is 12.8 Å². The van der Waals surface area contributed by atoms with Gasteiger partial charge in [-0.25, -0.2) is 0 Å². The van der Waals surface area contributed by atoms with Gasteiger partial charge in [-0.05, 0) is 12.8 Å². The molecule has 1 rings (SSSR count). The Kier molecular flexibility index (Phi) is 3.72. The molecule has 3 nitrogen and oxygen atoms in total. The molecule has 1 aliphatic heterocycles. The second kappa shape index (κ2) is 4.66. The van der Waals surface area contributed by atoms with Crippen LogP contribution in [-0.2, 0) is 9.47 Å². The van der Waals surface area contributed by atoms with Crippen LogP contribution in [0.15, 0.2) is 0 Å². The van der Waals surface area contributed by atoms with Crippen molar-refractivity contribution in [2.45, 2.75) is 18.9 Å². The quantitative estimate of drug-likeness (QED) is 0.429. The monoisotopic (exact) mass is 146 g/mol. The summed E-state index contributed by atoms with van der Waals surface area (Å²) in [5.41, 5.74) is 0. The molecule has 0 aromatic rings. The normalized spacial score (nSPS) is 23.1. The number of aliphatic hydroxyl groups is 1. The third-order valence-corrected chi connectivity index (χ3v) is 1.40. The van der Waals surface area contributed by atoms with Crippen molar-refractivity contribution in [1.82, 2.24) is 0 Å². The second-order valence-electron chi connectivity index (χ2n) is 2.46. The van der Waals surface area contributed by atoms with Crippen LogP contribution in [0.3, 0.4) is 0 Å². The van der Waals surface area contributed by atoms with E-state index in [0.717, 1.165) is 32.7 Å². The summed E-state index contributed by atoms with van der Waals surface area (Å²) in [7, 11) is 0. The molecule has 0 aromatic carbocycles. The van der Waals surface area contributed by atoms with Gasteiger partial charge in [0.15, 0.2) is 0 Å². The SMILES string of the molecule is OCCCCOCC1CO1. The predicted octanol–water partition coefficient (Wildman–Crippen LogP) is 0.174. The minimum atomic E-state index is 0.267. The lowest BCUT2D eigenvalue weighted by Crippen LogP contribution is -2.02. The maximum Gasteiger partial charge on any atom is 0.104 e. The van der Waals surface area contributed by atoms with Gasteiger partial charge in [0.2, 0.25) is 0 Å². The van der Waals surface area contributed by atoms with Gasteiger partial charge in [-0.1, -0.05) is 0 Å². The van der Waals surface area contributed by atoms with Crippen LogP contribution in [0.25, 0.3) is 0 Å². The summed E-state index contributed by atoms with van der Waals surface area (Å²) < 4.78 is 10.2. The Morgan fingerprint density at radius 1 is 1.50 bits per heavy atom. The third-order valence-electron chi connectivity index (χ3n) is 1.40. The number of hydrogen-bond acceptors (Lipinski definition) is 3. The third kappa shape index (κ3) is 3.82. The lowest BCUT2D eigenvalue weighted by molar-refractivity contribution is 0.109. The molecule has 1 N–H and O–H groups in total. The van der Waals surface area contributed by atoms with E-state index < -0.39 is 0 Å². The lowest BCUT2D eigenvalue weighted by Gasteiger charge is -1.99. The molecule has 0 aliphatic carbocycles. The van der Waals surface area contributed by atoms with E-state index in [1.165, 1.54) is 0 Å². The predicted molar refractivity (Wildman–Crippen MR) is 36.9 cm³/mol. The first-order chi connectivity index (χ1) is 4.93. The molecule has 1 heterocycles. The zero-order valence-corrected chi connectivity index (χ0v) is 6.08. The van der Waals surface area contributed by atoms with Crippen molar-refractivity contribution in [3.8, 4) is 0 Å². The largest absolute Gasteiger partial charge is 0.396 e. The van der Waals surface area contributed by atoms with Crippen LogP contribution in [0.5, 0.6) is 0 Å². The Morgan fingerprint density at radius 3 is 2.90 bits per heavy atom. The molecule has 0 spiro atoms. The van der Waals surface area contributed by atoms with Gasteiger partial charge in [-0.2, -0.15) is 0 Å². The van der Waals surface area contributed by atoms with E-state index in [1.807, 2.05) is 0 Å². The Balaban J connectivity index is 1.68. The van der Waals surface area contributed by atoms with Crippen molar-refractivity contribution in [2.75, 3.05) is 26.4 Å². The van der Waals surface area contributed by atoms with E-state index in [0.29, 0.717) is 6.10 Å². The standard InChI is InChI=1S/C7H14O3/c8-3-1-2-4-9-5-7-6-10-7/h7-8H,1-6H2. The van der Waals surface area contributed by atoms with Crippen molar-refractivity contribution in [3.05, 3.63) is 0 Å². The molecule has 1 unspecified atom stereocenters. The fourth-order valence-corrected chi connectivity index (χ4v) is 0.695. The maximum atomic E-state index is 8.41. The van der Waals surface area contributed by atoms with Crippen LogP contribution in [0.4, 0.5) is 0 Å². The fourth-order valence-electron chi connectivity index (χ4n) is 0.695. The number of hydrogen-bond donors (Lipinski definition) is 1. The summed E-state index contributed by atoms with van der Waals surface area (Å²) in [6.07, 6.45) is 2.16. The molecule has 0 aromatic heterocycles. The average molecular weight is 146 g/mol. The summed E-state index contributed by atoms with van der Waals surface area (Å²) in [4.78, 5) is 0. The van der Waals surface area contributed by atoms with Crippen LogP contribution in [-0.4, -0.2) is 37.6 Å². The minimum Gasteiger partial charge on any atom is -0.396 e. The number of rotatable bonds is 6. The molecule has 0 radical (unpaired) electrons. The summed E-state index contributed by atoms with van der Waals surface area (Å²) in [6, 6.07) is 0. The van der Waals surface area contributed by atoms with E-state index >= 15 is 0 Å². The Hall–Kier alpha value is -0.120. The molecule has 1 saturated heterocycles. The zero-order chi connectivity index (χ0) is 7.23. The minimum absolute atomic E-state index is 0.267. The van der Waals surface area contributed by atoms with Crippen LogP contribution >= 0.6 is 0 Å². The number of aliphatic hydroxyl groups excluding tert-OH is 1. The Labute approximate surface area is 60.9 Å². The highest BCUT2D eigenvalue weighted by atomic mass is 16.6. The fraction of sp³-hybridized carbons (Fsp3) is 1.00. The van der Waals surface area contributed by atoms with E-state index in [2.05, 4.69) is 0 Å². The molecule has 0 amide bonds. The number of ether oxygens (including phenoxy) is 2. The van der Waals surface area contributed by atoms with E-state index in [1.54, 1.807) is 0 Å². The molecular weight excluding hydrogens is 132 g/mol. The topological polar surface area (TPSA) is 42.0 Å². The molecule has 10 heavy (non-hydrogen) atoms. The van der Waals surface area contributed by atoms with Gasteiger partial charge in [0.05, 0.1) is 13.2 Å². The van der Waals surface area contributed by atoms with Gasteiger partial charge in [-0.3, -0.25) is 0 Å². The van der Waals surface area contributed by atoms with Crippen molar-refractivity contribution in [3.63, 3.8) is 0 Å². The first-order valence-electron chi connectivity index (χ1n) is 3.73. The summed E-state index contributed by atoms with van der Waals surface area (Å²) in [5.74, 6) is 0. The van der Waals surface area contributed by atoms with Crippen LogP contribution < -0.4 is 0 Å². The van der Waals surface area contributed by atoms with E-state index in [9.17, 15) is 0 Å². The second-order valence-corrected chi connectivity index (χ2v) is 2.46. The Morgan fingerprint density at radius 2 is 2.30 bits per heavy atom. The number of epoxide rings is 1.